The maximum atomic E-state index is 13.4. The minimum atomic E-state index is -1.43. The summed E-state index contributed by atoms with van der Waals surface area (Å²) >= 11 is 0. The minimum absolute atomic E-state index is 0.103. The largest absolute Gasteiger partial charge is 0.488 e. The SMILES string of the molecule is O=C(O)c1c(F)cccc1OCc1cncc(F)c1. The van der Waals surface area contributed by atoms with Crippen LogP contribution < -0.4 is 4.74 Å². The first-order chi connectivity index (χ1) is 9.08. The van der Waals surface area contributed by atoms with Gasteiger partial charge in [-0.25, -0.2) is 13.6 Å². The van der Waals surface area contributed by atoms with E-state index in [1.807, 2.05) is 0 Å². The zero-order chi connectivity index (χ0) is 13.8. The van der Waals surface area contributed by atoms with Gasteiger partial charge in [0, 0.05) is 11.8 Å². The van der Waals surface area contributed by atoms with Gasteiger partial charge in [-0.2, -0.15) is 0 Å². The molecule has 0 unspecified atom stereocenters. The molecular formula is C13H9F2NO3. The second-order valence-corrected chi connectivity index (χ2v) is 3.72. The van der Waals surface area contributed by atoms with Gasteiger partial charge in [0.05, 0.1) is 6.20 Å². The molecule has 1 heterocycles. The lowest BCUT2D eigenvalue weighted by atomic mass is 10.2. The number of carbonyl (C=O) groups is 1. The van der Waals surface area contributed by atoms with Crippen LogP contribution in [0.5, 0.6) is 5.75 Å². The molecule has 0 atom stereocenters. The summed E-state index contributed by atoms with van der Waals surface area (Å²) in [6.07, 6.45) is 2.41. The van der Waals surface area contributed by atoms with E-state index < -0.39 is 23.2 Å². The van der Waals surface area contributed by atoms with E-state index in [9.17, 15) is 13.6 Å². The summed E-state index contributed by atoms with van der Waals surface area (Å²) < 4.78 is 31.4. The summed E-state index contributed by atoms with van der Waals surface area (Å²) in [7, 11) is 0. The van der Waals surface area contributed by atoms with Gasteiger partial charge >= 0.3 is 5.97 Å². The number of pyridine rings is 1. The summed E-state index contributed by atoms with van der Waals surface area (Å²) in [6, 6.07) is 4.90. The van der Waals surface area contributed by atoms with Crippen molar-refractivity contribution in [3.63, 3.8) is 0 Å². The summed E-state index contributed by atoms with van der Waals surface area (Å²) in [6.45, 7) is -0.103. The third kappa shape index (κ3) is 3.04. The van der Waals surface area contributed by atoms with Crippen molar-refractivity contribution < 1.29 is 23.4 Å². The van der Waals surface area contributed by atoms with Crippen molar-refractivity contribution in [3.05, 3.63) is 59.4 Å². The molecule has 2 aromatic rings. The molecule has 98 valence electrons. The highest BCUT2D eigenvalue weighted by molar-refractivity contribution is 5.91. The standard InChI is InChI=1S/C13H9F2NO3/c14-9-4-8(5-16-6-9)7-19-11-3-1-2-10(15)12(11)13(17)18/h1-6H,7H2,(H,17,18). The average molecular weight is 265 g/mol. The van der Waals surface area contributed by atoms with E-state index in [1.54, 1.807) is 0 Å². The van der Waals surface area contributed by atoms with Crippen molar-refractivity contribution in [2.45, 2.75) is 6.61 Å². The van der Waals surface area contributed by atoms with E-state index >= 15 is 0 Å². The topological polar surface area (TPSA) is 59.4 Å². The molecule has 0 radical (unpaired) electrons. The van der Waals surface area contributed by atoms with Gasteiger partial charge in [-0.3, -0.25) is 4.98 Å². The number of aromatic carboxylic acids is 1. The highest BCUT2D eigenvalue weighted by atomic mass is 19.1. The van der Waals surface area contributed by atoms with Crippen molar-refractivity contribution in [1.82, 2.24) is 4.98 Å². The highest BCUT2D eigenvalue weighted by Crippen LogP contribution is 2.22. The van der Waals surface area contributed by atoms with Gasteiger partial charge in [0.1, 0.15) is 29.6 Å². The van der Waals surface area contributed by atoms with Gasteiger partial charge in [0.2, 0.25) is 0 Å². The van der Waals surface area contributed by atoms with E-state index in [0.717, 1.165) is 12.3 Å². The third-order valence-electron chi connectivity index (χ3n) is 2.35. The molecule has 6 heteroatoms. The number of nitrogens with zero attached hydrogens (tertiary/aromatic N) is 1. The molecular weight excluding hydrogens is 256 g/mol. The lowest BCUT2D eigenvalue weighted by molar-refractivity contribution is 0.0686. The second kappa shape index (κ2) is 5.43. The zero-order valence-corrected chi connectivity index (χ0v) is 9.64. The third-order valence-corrected chi connectivity index (χ3v) is 2.35. The maximum Gasteiger partial charge on any atom is 0.342 e. The Hall–Kier alpha value is -2.50. The molecule has 0 fully saturated rings. The Balaban J connectivity index is 2.20. The van der Waals surface area contributed by atoms with E-state index in [-0.39, 0.29) is 12.4 Å². The summed E-state index contributed by atoms with van der Waals surface area (Å²) in [5, 5.41) is 8.90. The van der Waals surface area contributed by atoms with Gasteiger partial charge in [0.15, 0.2) is 0 Å². The molecule has 19 heavy (non-hydrogen) atoms. The summed E-state index contributed by atoms with van der Waals surface area (Å²) in [4.78, 5) is 14.5. The molecule has 0 aliphatic rings. The quantitative estimate of drug-likeness (QED) is 0.923. The Morgan fingerprint density at radius 1 is 1.32 bits per heavy atom. The Bertz CT molecular complexity index is 617. The second-order valence-electron chi connectivity index (χ2n) is 3.72. The van der Waals surface area contributed by atoms with Crippen LogP contribution in [-0.2, 0) is 6.61 Å². The lowest BCUT2D eigenvalue weighted by Crippen LogP contribution is -2.06. The minimum Gasteiger partial charge on any atom is -0.488 e. The van der Waals surface area contributed by atoms with E-state index in [4.69, 9.17) is 9.84 Å². The number of carboxylic acid groups (broad SMARTS) is 1. The highest BCUT2D eigenvalue weighted by Gasteiger charge is 2.16. The molecule has 4 nitrogen and oxygen atoms in total. The number of rotatable bonds is 4. The molecule has 0 aliphatic carbocycles. The van der Waals surface area contributed by atoms with Crippen molar-refractivity contribution in [2.24, 2.45) is 0 Å². The number of ether oxygens (including phenoxy) is 1. The van der Waals surface area contributed by atoms with Crippen molar-refractivity contribution in [1.29, 1.82) is 0 Å². The smallest absolute Gasteiger partial charge is 0.342 e. The Morgan fingerprint density at radius 3 is 2.79 bits per heavy atom. The van der Waals surface area contributed by atoms with Crippen LogP contribution in [0, 0.1) is 11.6 Å². The van der Waals surface area contributed by atoms with Gasteiger partial charge in [-0.05, 0) is 18.2 Å². The summed E-state index contributed by atoms with van der Waals surface area (Å²) in [5.41, 5.74) is -0.132. The van der Waals surface area contributed by atoms with E-state index in [2.05, 4.69) is 4.98 Å². The van der Waals surface area contributed by atoms with Crippen LogP contribution in [0.25, 0.3) is 0 Å². The molecule has 0 saturated carbocycles. The first-order valence-electron chi connectivity index (χ1n) is 5.32. The monoisotopic (exact) mass is 265 g/mol. The molecule has 1 aromatic carbocycles. The van der Waals surface area contributed by atoms with Gasteiger partial charge in [-0.1, -0.05) is 6.07 Å². The number of carboxylic acids is 1. The molecule has 1 aromatic heterocycles. The average Bonchev–Trinajstić information content (AvgIpc) is 2.36. The number of aromatic nitrogens is 1. The van der Waals surface area contributed by atoms with Gasteiger partial charge in [-0.15, -0.1) is 0 Å². The summed E-state index contributed by atoms with van der Waals surface area (Å²) in [5.74, 6) is -2.96. The van der Waals surface area contributed by atoms with Crippen LogP contribution in [0.2, 0.25) is 0 Å². The van der Waals surface area contributed by atoms with Crippen LogP contribution in [-0.4, -0.2) is 16.1 Å². The van der Waals surface area contributed by atoms with Crippen LogP contribution in [0.1, 0.15) is 15.9 Å². The van der Waals surface area contributed by atoms with Gasteiger partial charge in [0.25, 0.3) is 0 Å². The fraction of sp³-hybridized carbons (Fsp3) is 0.0769. The Labute approximate surface area is 107 Å². The van der Waals surface area contributed by atoms with Crippen molar-refractivity contribution >= 4 is 5.97 Å². The molecule has 0 bridgehead atoms. The fourth-order valence-electron chi connectivity index (χ4n) is 1.53. The van der Waals surface area contributed by atoms with E-state index in [1.165, 1.54) is 24.4 Å². The predicted molar refractivity (Wildman–Crippen MR) is 61.9 cm³/mol. The first kappa shape index (κ1) is 12.9. The van der Waals surface area contributed by atoms with E-state index in [0.29, 0.717) is 5.56 Å². The van der Waals surface area contributed by atoms with Crippen LogP contribution in [0.4, 0.5) is 8.78 Å². The number of halogens is 2. The molecule has 1 N–H and O–H groups in total. The Kier molecular flexibility index (Phi) is 3.70. The fourth-order valence-corrected chi connectivity index (χ4v) is 1.53. The normalized spacial score (nSPS) is 10.2. The number of benzene rings is 1. The maximum absolute atomic E-state index is 13.4. The number of hydrogen-bond acceptors (Lipinski definition) is 3. The number of hydrogen-bond donors (Lipinski definition) is 1. The molecule has 0 saturated heterocycles. The van der Waals surface area contributed by atoms with Crippen molar-refractivity contribution in [2.75, 3.05) is 0 Å². The van der Waals surface area contributed by atoms with Gasteiger partial charge < -0.3 is 9.84 Å². The molecule has 0 spiro atoms. The van der Waals surface area contributed by atoms with Crippen molar-refractivity contribution in [3.8, 4) is 5.75 Å². The molecule has 0 amide bonds. The zero-order valence-electron chi connectivity index (χ0n) is 9.64. The Morgan fingerprint density at radius 2 is 2.11 bits per heavy atom. The first-order valence-corrected chi connectivity index (χ1v) is 5.32. The predicted octanol–water partition coefficient (Wildman–Crippen LogP) is 2.64. The molecule has 2 rings (SSSR count). The van der Waals surface area contributed by atoms with Crippen LogP contribution >= 0.6 is 0 Å². The van der Waals surface area contributed by atoms with Crippen LogP contribution in [0.15, 0.2) is 36.7 Å². The van der Waals surface area contributed by atoms with Crippen LogP contribution in [0.3, 0.4) is 0 Å². The molecule has 0 aliphatic heterocycles. The lowest BCUT2D eigenvalue weighted by Gasteiger charge is -2.09.